The summed E-state index contributed by atoms with van der Waals surface area (Å²) in [6.07, 6.45) is 2.74. The standard InChI is InChI=1S/C19H18FNO3/c1-21(2)19(23)13-24-16-8-5-7-15(12-16)18(22)11-10-14-6-3-4-9-17(14)20/h3-12H,13H2,1-2H3. The van der Waals surface area contributed by atoms with Crippen molar-refractivity contribution in [1.82, 2.24) is 4.90 Å². The van der Waals surface area contributed by atoms with E-state index < -0.39 is 0 Å². The fourth-order valence-corrected chi connectivity index (χ4v) is 1.89. The van der Waals surface area contributed by atoms with Crippen LogP contribution >= 0.6 is 0 Å². The highest BCUT2D eigenvalue weighted by atomic mass is 19.1. The van der Waals surface area contributed by atoms with Crippen molar-refractivity contribution in [2.45, 2.75) is 0 Å². The Morgan fingerprint density at radius 1 is 1.12 bits per heavy atom. The van der Waals surface area contributed by atoms with Crippen LogP contribution in [0.25, 0.3) is 6.08 Å². The van der Waals surface area contributed by atoms with E-state index in [2.05, 4.69) is 0 Å². The molecule has 0 bridgehead atoms. The topological polar surface area (TPSA) is 46.6 Å². The monoisotopic (exact) mass is 327 g/mol. The number of hydrogen-bond donors (Lipinski definition) is 0. The molecule has 0 unspecified atom stereocenters. The zero-order chi connectivity index (χ0) is 17.5. The molecule has 0 N–H and O–H groups in total. The highest BCUT2D eigenvalue weighted by molar-refractivity contribution is 6.07. The van der Waals surface area contributed by atoms with Crippen LogP contribution in [0.1, 0.15) is 15.9 Å². The minimum Gasteiger partial charge on any atom is -0.484 e. The molecule has 0 saturated heterocycles. The summed E-state index contributed by atoms with van der Waals surface area (Å²) in [6.45, 7) is -0.101. The molecule has 4 nitrogen and oxygen atoms in total. The largest absolute Gasteiger partial charge is 0.484 e. The van der Waals surface area contributed by atoms with Crippen LogP contribution in [0.4, 0.5) is 4.39 Å². The van der Waals surface area contributed by atoms with Crippen molar-refractivity contribution in [3.8, 4) is 5.75 Å². The molecule has 0 aliphatic rings. The van der Waals surface area contributed by atoms with Crippen molar-refractivity contribution in [3.63, 3.8) is 0 Å². The van der Waals surface area contributed by atoms with E-state index in [-0.39, 0.29) is 24.1 Å². The Bertz CT molecular complexity index is 769. The lowest BCUT2D eigenvalue weighted by Crippen LogP contribution is -2.27. The Kier molecular flexibility index (Phi) is 5.84. The van der Waals surface area contributed by atoms with Gasteiger partial charge in [0.05, 0.1) is 0 Å². The fraction of sp³-hybridized carbons (Fsp3) is 0.158. The quantitative estimate of drug-likeness (QED) is 0.605. The number of carbonyl (C=O) groups excluding carboxylic acids is 2. The smallest absolute Gasteiger partial charge is 0.259 e. The first-order chi connectivity index (χ1) is 11.5. The second-order valence-corrected chi connectivity index (χ2v) is 5.32. The van der Waals surface area contributed by atoms with E-state index >= 15 is 0 Å². The van der Waals surface area contributed by atoms with Crippen molar-refractivity contribution in [2.75, 3.05) is 20.7 Å². The average Bonchev–Trinajstić information content (AvgIpc) is 2.58. The second kappa shape index (κ2) is 8.06. The SMILES string of the molecule is CN(C)C(=O)COc1cccc(C(=O)C=Cc2ccccc2F)c1. The number of halogens is 1. The summed E-state index contributed by atoms with van der Waals surface area (Å²) >= 11 is 0. The number of ketones is 1. The summed E-state index contributed by atoms with van der Waals surface area (Å²) in [5, 5.41) is 0. The van der Waals surface area contributed by atoms with Gasteiger partial charge in [0.1, 0.15) is 11.6 Å². The lowest BCUT2D eigenvalue weighted by atomic mass is 10.1. The van der Waals surface area contributed by atoms with E-state index in [4.69, 9.17) is 4.74 Å². The van der Waals surface area contributed by atoms with Gasteiger partial charge in [0.15, 0.2) is 12.4 Å². The Labute approximate surface area is 140 Å². The van der Waals surface area contributed by atoms with Crippen molar-refractivity contribution >= 4 is 17.8 Å². The highest BCUT2D eigenvalue weighted by Crippen LogP contribution is 2.15. The summed E-state index contributed by atoms with van der Waals surface area (Å²) in [5.41, 5.74) is 0.743. The number of hydrogen-bond acceptors (Lipinski definition) is 3. The molecule has 124 valence electrons. The maximum absolute atomic E-state index is 13.5. The average molecular weight is 327 g/mol. The van der Waals surface area contributed by atoms with Gasteiger partial charge in [0, 0.05) is 25.2 Å². The molecule has 0 aliphatic heterocycles. The van der Waals surface area contributed by atoms with E-state index in [0.29, 0.717) is 16.9 Å². The zero-order valence-electron chi connectivity index (χ0n) is 13.5. The van der Waals surface area contributed by atoms with Crippen molar-refractivity contribution in [3.05, 3.63) is 71.6 Å². The maximum atomic E-state index is 13.5. The fourth-order valence-electron chi connectivity index (χ4n) is 1.89. The third kappa shape index (κ3) is 4.78. The normalized spacial score (nSPS) is 10.6. The number of likely N-dealkylation sites (N-methyl/N-ethyl adjacent to an activating group) is 1. The molecule has 24 heavy (non-hydrogen) atoms. The molecule has 5 heteroatoms. The molecule has 2 aromatic carbocycles. The number of nitrogens with zero attached hydrogens (tertiary/aromatic N) is 1. The predicted octanol–water partition coefficient (Wildman–Crippen LogP) is 3.19. The molecule has 2 aromatic rings. The van der Waals surface area contributed by atoms with Gasteiger partial charge in [0.25, 0.3) is 5.91 Å². The number of ether oxygens (including phenoxy) is 1. The molecule has 0 aliphatic carbocycles. The summed E-state index contributed by atoms with van der Waals surface area (Å²) in [7, 11) is 3.28. The summed E-state index contributed by atoms with van der Waals surface area (Å²) in [6, 6.07) is 12.7. The van der Waals surface area contributed by atoms with Crippen LogP contribution in [0.2, 0.25) is 0 Å². The first kappa shape index (κ1) is 17.4. The van der Waals surface area contributed by atoms with Gasteiger partial charge < -0.3 is 9.64 Å². The number of benzene rings is 2. The predicted molar refractivity (Wildman–Crippen MR) is 90.4 cm³/mol. The highest BCUT2D eigenvalue weighted by Gasteiger charge is 2.07. The van der Waals surface area contributed by atoms with Crippen LogP contribution in [-0.2, 0) is 4.79 Å². The molecule has 1 amide bonds. The van der Waals surface area contributed by atoms with Gasteiger partial charge in [-0.2, -0.15) is 0 Å². The van der Waals surface area contributed by atoms with Crippen molar-refractivity contribution in [1.29, 1.82) is 0 Å². The molecule has 2 rings (SSSR count). The number of carbonyl (C=O) groups is 2. The van der Waals surface area contributed by atoms with Crippen molar-refractivity contribution in [2.24, 2.45) is 0 Å². The van der Waals surface area contributed by atoms with Gasteiger partial charge in [-0.15, -0.1) is 0 Å². The van der Waals surface area contributed by atoms with Crippen LogP contribution in [0.5, 0.6) is 5.75 Å². The molecular weight excluding hydrogens is 309 g/mol. The summed E-state index contributed by atoms with van der Waals surface area (Å²) in [5.74, 6) is -0.412. The maximum Gasteiger partial charge on any atom is 0.259 e. The van der Waals surface area contributed by atoms with Gasteiger partial charge in [-0.25, -0.2) is 4.39 Å². The number of amides is 1. The third-order valence-corrected chi connectivity index (χ3v) is 3.30. The minimum absolute atomic E-state index is 0.101. The number of allylic oxidation sites excluding steroid dienone is 1. The minimum atomic E-state index is -0.388. The van der Waals surface area contributed by atoms with Crippen LogP contribution < -0.4 is 4.74 Å². The molecule has 0 fully saturated rings. The van der Waals surface area contributed by atoms with Crippen LogP contribution in [0.3, 0.4) is 0 Å². The van der Waals surface area contributed by atoms with Gasteiger partial charge in [-0.3, -0.25) is 9.59 Å². The Hall–Kier alpha value is -2.95. The van der Waals surface area contributed by atoms with E-state index in [0.717, 1.165) is 0 Å². The van der Waals surface area contributed by atoms with E-state index in [1.54, 1.807) is 56.6 Å². The van der Waals surface area contributed by atoms with Gasteiger partial charge in [-0.1, -0.05) is 30.3 Å². The Morgan fingerprint density at radius 2 is 1.88 bits per heavy atom. The molecule has 0 radical (unpaired) electrons. The Morgan fingerprint density at radius 3 is 2.58 bits per heavy atom. The summed E-state index contributed by atoms with van der Waals surface area (Å²) in [4.78, 5) is 25.1. The van der Waals surface area contributed by atoms with E-state index in [1.807, 2.05) is 0 Å². The third-order valence-electron chi connectivity index (χ3n) is 3.30. The first-order valence-corrected chi connectivity index (χ1v) is 7.37. The van der Waals surface area contributed by atoms with Crippen LogP contribution in [-0.4, -0.2) is 37.3 Å². The first-order valence-electron chi connectivity index (χ1n) is 7.37. The van der Waals surface area contributed by atoms with Gasteiger partial charge in [-0.05, 0) is 30.4 Å². The number of rotatable bonds is 6. The molecule has 0 spiro atoms. The molecular formula is C19H18FNO3. The lowest BCUT2D eigenvalue weighted by Gasteiger charge is -2.11. The van der Waals surface area contributed by atoms with Crippen molar-refractivity contribution < 1.29 is 18.7 Å². The van der Waals surface area contributed by atoms with E-state index in [1.165, 1.54) is 23.1 Å². The van der Waals surface area contributed by atoms with E-state index in [9.17, 15) is 14.0 Å². The zero-order valence-corrected chi connectivity index (χ0v) is 13.5. The molecule has 0 atom stereocenters. The van der Waals surface area contributed by atoms with Gasteiger partial charge in [0.2, 0.25) is 0 Å². The lowest BCUT2D eigenvalue weighted by molar-refractivity contribution is -0.130. The molecule has 0 heterocycles. The summed E-state index contributed by atoms with van der Waals surface area (Å²) < 4.78 is 18.9. The van der Waals surface area contributed by atoms with Crippen LogP contribution in [0.15, 0.2) is 54.6 Å². The molecule has 0 saturated carbocycles. The second-order valence-electron chi connectivity index (χ2n) is 5.32. The van der Waals surface area contributed by atoms with Gasteiger partial charge >= 0.3 is 0 Å². The van der Waals surface area contributed by atoms with Crippen LogP contribution in [0, 0.1) is 5.82 Å². The Balaban J connectivity index is 2.06. The molecule has 0 aromatic heterocycles.